The number of hydrogen-bond donors (Lipinski definition) is 1. The molecule has 0 bridgehead atoms. The fourth-order valence-corrected chi connectivity index (χ4v) is 2.58. The third-order valence-electron chi connectivity index (χ3n) is 3.07. The van der Waals surface area contributed by atoms with Crippen LogP contribution in [0.25, 0.3) is 0 Å². The highest BCUT2D eigenvalue weighted by molar-refractivity contribution is 9.10. The number of nitrogens with one attached hydrogen (secondary N) is 1. The number of rotatable bonds is 7. The first-order valence-electron chi connectivity index (χ1n) is 6.81. The van der Waals surface area contributed by atoms with E-state index in [1.165, 1.54) is 37.1 Å². The van der Waals surface area contributed by atoms with E-state index >= 15 is 0 Å². The first kappa shape index (κ1) is 15.4. The van der Waals surface area contributed by atoms with Crippen LogP contribution in [0.3, 0.4) is 0 Å². The first-order valence-corrected chi connectivity index (χ1v) is 7.61. The topological polar surface area (TPSA) is 15.3 Å². The van der Waals surface area contributed by atoms with Gasteiger partial charge >= 0.3 is 0 Å². The van der Waals surface area contributed by atoms with Crippen molar-refractivity contribution in [2.24, 2.45) is 0 Å². The Hall–Kier alpha value is -0.700. The van der Waals surface area contributed by atoms with Crippen LogP contribution in [-0.4, -0.2) is 20.1 Å². The van der Waals surface area contributed by atoms with Crippen LogP contribution in [0.15, 0.2) is 22.7 Å². The molecule has 0 saturated carbocycles. The fraction of sp³-hybridized carbons (Fsp3) is 0.600. The van der Waals surface area contributed by atoms with Crippen LogP contribution >= 0.6 is 15.9 Å². The lowest BCUT2D eigenvalue weighted by atomic mass is 10.1. The highest BCUT2D eigenvalue weighted by Crippen LogP contribution is 2.29. The van der Waals surface area contributed by atoms with Crippen LogP contribution in [0.5, 0.6) is 0 Å². The van der Waals surface area contributed by atoms with Gasteiger partial charge in [0.05, 0.1) is 11.4 Å². The van der Waals surface area contributed by atoms with Crippen LogP contribution in [0, 0.1) is 0 Å². The molecule has 0 heterocycles. The molecule has 102 valence electrons. The van der Waals surface area contributed by atoms with Crippen molar-refractivity contribution >= 4 is 27.3 Å². The Balaban J connectivity index is 2.88. The monoisotopic (exact) mass is 312 g/mol. The van der Waals surface area contributed by atoms with Gasteiger partial charge in [-0.2, -0.15) is 0 Å². The van der Waals surface area contributed by atoms with E-state index in [4.69, 9.17) is 0 Å². The van der Waals surface area contributed by atoms with Gasteiger partial charge in [-0.3, -0.25) is 0 Å². The molecule has 0 radical (unpaired) electrons. The van der Waals surface area contributed by atoms with Gasteiger partial charge in [-0.05, 0) is 31.0 Å². The molecule has 0 aliphatic rings. The Morgan fingerprint density at radius 3 is 2.28 bits per heavy atom. The lowest BCUT2D eigenvalue weighted by Crippen LogP contribution is -2.21. The van der Waals surface area contributed by atoms with Crippen molar-refractivity contribution < 1.29 is 0 Å². The quantitative estimate of drug-likeness (QED) is 0.770. The van der Waals surface area contributed by atoms with Crippen molar-refractivity contribution in [3.8, 4) is 0 Å². The molecule has 1 aromatic carbocycles. The molecule has 0 aromatic heterocycles. The van der Waals surface area contributed by atoms with Crippen LogP contribution in [0.2, 0.25) is 0 Å². The molecule has 0 spiro atoms. The summed E-state index contributed by atoms with van der Waals surface area (Å²) in [5.41, 5.74) is 2.47. The first-order chi connectivity index (χ1) is 8.58. The van der Waals surface area contributed by atoms with Crippen LogP contribution in [0.1, 0.15) is 39.5 Å². The van der Waals surface area contributed by atoms with E-state index in [0.717, 1.165) is 4.47 Å². The number of halogens is 1. The highest BCUT2D eigenvalue weighted by atomic mass is 79.9. The van der Waals surface area contributed by atoms with Crippen LogP contribution < -0.4 is 10.2 Å². The summed E-state index contributed by atoms with van der Waals surface area (Å²) in [6, 6.07) is 7.00. The van der Waals surface area contributed by atoms with E-state index in [1.54, 1.807) is 0 Å². The molecule has 2 nitrogen and oxygen atoms in total. The standard InChI is InChI=1S/C15H25BrN2/c1-5-7-13(8-6-2)17-14-11-12(16)9-10-15(14)18(3)4/h9-11,13,17H,5-8H2,1-4H3. The van der Waals surface area contributed by atoms with E-state index in [0.29, 0.717) is 6.04 Å². The minimum Gasteiger partial charge on any atom is -0.381 e. The average molecular weight is 313 g/mol. The molecule has 0 saturated heterocycles. The molecular formula is C15H25BrN2. The summed E-state index contributed by atoms with van der Waals surface area (Å²) < 4.78 is 1.13. The van der Waals surface area contributed by atoms with Gasteiger partial charge in [0.2, 0.25) is 0 Å². The van der Waals surface area contributed by atoms with Gasteiger partial charge in [-0.1, -0.05) is 42.6 Å². The normalized spacial score (nSPS) is 10.8. The van der Waals surface area contributed by atoms with Gasteiger partial charge in [0.15, 0.2) is 0 Å². The smallest absolute Gasteiger partial charge is 0.0597 e. The summed E-state index contributed by atoms with van der Waals surface area (Å²) in [7, 11) is 4.17. The molecule has 0 unspecified atom stereocenters. The van der Waals surface area contributed by atoms with Crippen molar-refractivity contribution in [3.63, 3.8) is 0 Å². The molecule has 1 N–H and O–H groups in total. The predicted octanol–water partition coefficient (Wildman–Crippen LogP) is 4.90. The maximum Gasteiger partial charge on any atom is 0.0597 e. The lowest BCUT2D eigenvalue weighted by Gasteiger charge is -2.24. The molecule has 0 aliphatic heterocycles. The lowest BCUT2D eigenvalue weighted by molar-refractivity contribution is 0.586. The maximum atomic E-state index is 3.70. The zero-order chi connectivity index (χ0) is 13.5. The van der Waals surface area contributed by atoms with Gasteiger partial charge in [-0.15, -0.1) is 0 Å². The second-order valence-corrected chi connectivity index (χ2v) is 5.89. The molecule has 0 amide bonds. The summed E-state index contributed by atoms with van der Waals surface area (Å²) in [6.45, 7) is 4.50. The molecule has 0 atom stereocenters. The zero-order valence-corrected chi connectivity index (χ0v) is 13.5. The molecule has 18 heavy (non-hydrogen) atoms. The summed E-state index contributed by atoms with van der Waals surface area (Å²) in [5.74, 6) is 0. The third kappa shape index (κ3) is 4.52. The van der Waals surface area contributed by atoms with Crippen LogP contribution in [-0.2, 0) is 0 Å². The van der Waals surface area contributed by atoms with E-state index in [-0.39, 0.29) is 0 Å². The van der Waals surface area contributed by atoms with Crippen molar-refractivity contribution in [2.45, 2.75) is 45.6 Å². The van der Waals surface area contributed by atoms with E-state index in [2.05, 4.69) is 72.3 Å². The van der Waals surface area contributed by atoms with E-state index in [1.807, 2.05) is 0 Å². The molecular weight excluding hydrogens is 288 g/mol. The molecule has 0 fully saturated rings. The Bertz CT molecular complexity index is 358. The largest absolute Gasteiger partial charge is 0.381 e. The molecule has 0 aliphatic carbocycles. The Kier molecular flexibility index (Phi) is 6.55. The molecule has 1 rings (SSSR count). The average Bonchev–Trinajstić information content (AvgIpc) is 2.29. The minimum atomic E-state index is 0.577. The van der Waals surface area contributed by atoms with Gasteiger partial charge < -0.3 is 10.2 Å². The summed E-state index contributed by atoms with van der Waals surface area (Å²) in [5, 5.41) is 3.70. The number of nitrogens with zero attached hydrogens (tertiary/aromatic N) is 1. The molecule has 3 heteroatoms. The second kappa shape index (κ2) is 7.67. The predicted molar refractivity (Wildman–Crippen MR) is 85.7 cm³/mol. The summed E-state index contributed by atoms with van der Waals surface area (Å²) >= 11 is 3.55. The van der Waals surface area contributed by atoms with Crippen molar-refractivity contribution in [1.82, 2.24) is 0 Å². The van der Waals surface area contributed by atoms with Crippen LogP contribution in [0.4, 0.5) is 11.4 Å². The van der Waals surface area contributed by atoms with Gasteiger partial charge in [0.1, 0.15) is 0 Å². The Morgan fingerprint density at radius 2 is 1.78 bits per heavy atom. The third-order valence-corrected chi connectivity index (χ3v) is 3.57. The van der Waals surface area contributed by atoms with Gasteiger partial charge in [0.25, 0.3) is 0 Å². The van der Waals surface area contributed by atoms with Crippen molar-refractivity contribution in [3.05, 3.63) is 22.7 Å². The van der Waals surface area contributed by atoms with Crippen molar-refractivity contribution in [2.75, 3.05) is 24.3 Å². The molecule has 1 aromatic rings. The number of benzene rings is 1. The van der Waals surface area contributed by atoms with Gasteiger partial charge in [-0.25, -0.2) is 0 Å². The Morgan fingerprint density at radius 1 is 1.17 bits per heavy atom. The second-order valence-electron chi connectivity index (χ2n) is 4.97. The number of hydrogen-bond acceptors (Lipinski definition) is 2. The maximum absolute atomic E-state index is 3.70. The highest BCUT2D eigenvalue weighted by Gasteiger charge is 2.11. The summed E-state index contributed by atoms with van der Waals surface area (Å²) in [6.07, 6.45) is 4.91. The van der Waals surface area contributed by atoms with Crippen molar-refractivity contribution in [1.29, 1.82) is 0 Å². The summed E-state index contributed by atoms with van der Waals surface area (Å²) in [4.78, 5) is 2.16. The zero-order valence-electron chi connectivity index (χ0n) is 12.0. The Labute approximate surface area is 120 Å². The van der Waals surface area contributed by atoms with E-state index < -0.39 is 0 Å². The SMILES string of the molecule is CCCC(CCC)Nc1cc(Br)ccc1N(C)C. The minimum absolute atomic E-state index is 0.577. The van der Waals surface area contributed by atoms with E-state index in [9.17, 15) is 0 Å². The number of anilines is 2. The fourth-order valence-electron chi connectivity index (χ4n) is 2.22. The van der Waals surface area contributed by atoms with Gasteiger partial charge in [0, 0.05) is 24.6 Å².